The van der Waals surface area contributed by atoms with Gasteiger partial charge in [0.25, 0.3) is 0 Å². The van der Waals surface area contributed by atoms with Crippen LogP contribution in [-0.4, -0.2) is 41.5 Å². The minimum Gasteiger partial charge on any atom is -0.378 e. The van der Waals surface area contributed by atoms with E-state index in [1.54, 1.807) is 12.4 Å². The number of hydrogen-bond acceptors (Lipinski definition) is 7. The SMILES string of the molecule is Cc1cccc2c(Nc3ccnc(Nc4ccc(N5CCOCC5)cc4)c3)cnnc12. The van der Waals surface area contributed by atoms with E-state index in [1.165, 1.54) is 5.69 Å². The smallest absolute Gasteiger partial charge is 0.132 e. The Morgan fingerprint density at radius 2 is 1.77 bits per heavy atom. The van der Waals surface area contributed by atoms with Gasteiger partial charge in [0.05, 0.1) is 30.6 Å². The predicted octanol–water partition coefficient (Wildman–Crippen LogP) is 4.66. The Morgan fingerprint density at radius 1 is 0.935 bits per heavy atom. The summed E-state index contributed by atoms with van der Waals surface area (Å²) >= 11 is 0. The zero-order valence-electron chi connectivity index (χ0n) is 17.4. The average Bonchev–Trinajstić information content (AvgIpc) is 2.81. The van der Waals surface area contributed by atoms with Crippen molar-refractivity contribution >= 4 is 39.5 Å². The fraction of sp³-hybridized carbons (Fsp3) is 0.208. The molecule has 4 aromatic rings. The van der Waals surface area contributed by atoms with Crippen molar-refractivity contribution in [2.45, 2.75) is 6.92 Å². The van der Waals surface area contributed by atoms with Gasteiger partial charge in [0.15, 0.2) is 0 Å². The van der Waals surface area contributed by atoms with Gasteiger partial charge in [-0.25, -0.2) is 4.98 Å². The van der Waals surface area contributed by atoms with Gasteiger partial charge in [0, 0.05) is 47.8 Å². The summed E-state index contributed by atoms with van der Waals surface area (Å²) in [5.41, 5.74) is 6.06. The van der Waals surface area contributed by atoms with Crippen LogP contribution >= 0.6 is 0 Å². The Bertz CT molecular complexity index is 1190. The van der Waals surface area contributed by atoms with Gasteiger partial charge in [0.2, 0.25) is 0 Å². The Labute approximate surface area is 181 Å². The molecule has 1 aliphatic rings. The number of anilines is 5. The van der Waals surface area contributed by atoms with Gasteiger partial charge in [0.1, 0.15) is 5.82 Å². The van der Waals surface area contributed by atoms with Crippen molar-refractivity contribution in [3.63, 3.8) is 0 Å². The van der Waals surface area contributed by atoms with Crippen LogP contribution in [0.1, 0.15) is 5.56 Å². The molecule has 2 aromatic carbocycles. The standard InChI is InChI=1S/C24H24N6O/c1-17-3-2-4-21-22(16-26-29-24(17)21)27-19-9-10-25-23(15-19)28-18-5-7-20(8-6-18)30-11-13-31-14-12-30/h2-10,15-16H,11-14H2,1H3,(H2,25,27,28,29). The predicted molar refractivity (Wildman–Crippen MR) is 125 cm³/mol. The third-order valence-electron chi connectivity index (χ3n) is 5.43. The third kappa shape index (κ3) is 4.27. The number of hydrogen-bond donors (Lipinski definition) is 2. The monoisotopic (exact) mass is 412 g/mol. The number of pyridine rings is 1. The summed E-state index contributed by atoms with van der Waals surface area (Å²) in [4.78, 5) is 6.80. The molecule has 7 heteroatoms. The van der Waals surface area contributed by atoms with Gasteiger partial charge in [-0.15, -0.1) is 0 Å². The molecule has 7 nitrogen and oxygen atoms in total. The molecule has 0 aliphatic carbocycles. The Morgan fingerprint density at radius 3 is 2.61 bits per heavy atom. The molecule has 0 radical (unpaired) electrons. The second kappa shape index (κ2) is 8.57. The van der Waals surface area contributed by atoms with E-state index in [0.717, 1.165) is 65.6 Å². The van der Waals surface area contributed by atoms with Gasteiger partial charge in [-0.1, -0.05) is 18.2 Å². The van der Waals surface area contributed by atoms with Crippen LogP contribution < -0.4 is 15.5 Å². The van der Waals surface area contributed by atoms with E-state index in [4.69, 9.17) is 4.74 Å². The Kier molecular flexibility index (Phi) is 5.33. The van der Waals surface area contributed by atoms with Crippen LogP contribution in [0.3, 0.4) is 0 Å². The summed E-state index contributed by atoms with van der Waals surface area (Å²) in [6.07, 6.45) is 3.54. The largest absolute Gasteiger partial charge is 0.378 e. The minimum atomic E-state index is 0.770. The third-order valence-corrected chi connectivity index (χ3v) is 5.43. The molecular formula is C24H24N6O. The highest BCUT2D eigenvalue weighted by Gasteiger charge is 2.11. The van der Waals surface area contributed by atoms with Crippen molar-refractivity contribution in [1.29, 1.82) is 0 Å². The Balaban J connectivity index is 1.32. The highest BCUT2D eigenvalue weighted by Crippen LogP contribution is 2.27. The molecule has 5 rings (SSSR count). The van der Waals surface area contributed by atoms with E-state index in [2.05, 4.69) is 61.0 Å². The lowest BCUT2D eigenvalue weighted by Crippen LogP contribution is -2.36. The highest BCUT2D eigenvalue weighted by molar-refractivity contribution is 5.93. The number of nitrogens with one attached hydrogen (secondary N) is 2. The van der Waals surface area contributed by atoms with Crippen LogP contribution in [0.25, 0.3) is 10.9 Å². The minimum absolute atomic E-state index is 0.770. The van der Waals surface area contributed by atoms with E-state index in [9.17, 15) is 0 Å². The van der Waals surface area contributed by atoms with E-state index >= 15 is 0 Å². The van der Waals surface area contributed by atoms with Crippen LogP contribution in [0.15, 0.2) is 67.0 Å². The number of rotatable bonds is 5. The molecule has 1 saturated heterocycles. The summed E-state index contributed by atoms with van der Waals surface area (Å²) in [5.74, 6) is 0.770. The molecule has 0 spiro atoms. The van der Waals surface area contributed by atoms with Crippen LogP contribution in [0, 0.1) is 6.92 Å². The van der Waals surface area contributed by atoms with Crippen LogP contribution in [0.2, 0.25) is 0 Å². The molecule has 31 heavy (non-hydrogen) atoms. The van der Waals surface area contributed by atoms with Crippen molar-refractivity contribution in [1.82, 2.24) is 15.2 Å². The van der Waals surface area contributed by atoms with E-state index in [-0.39, 0.29) is 0 Å². The topological polar surface area (TPSA) is 75.2 Å². The van der Waals surface area contributed by atoms with E-state index < -0.39 is 0 Å². The summed E-state index contributed by atoms with van der Waals surface area (Å²) in [6.45, 7) is 5.47. The molecule has 0 saturated carbocycles. The molecule has 0 amide bonds. The number of aryl methyl sites for hydroxylation is 1. The molecule has 3 heterocycles. The molecule has 0 bridgehead atoms. The van der Waals surface area contributed by atoms with Crippen LogP contribution in [0.5, 0.6) is 0 Å². The maximum absolute atomic E-state index is 5.43. The first kappa shape index (κ1) is 19.3. The van der Waals surface area contributed by atoms with Crippen molar-refractivity contribution in [2.24, 2.45) is 0 Å². The zero-order chi connectivity index (χ0) is 21.0. The second-order valence-corrected chi connectivity index (χ2v) is 7.56. The first-order chi connectivity index (χ1) is 15.3. The Hall–Kier alpha value is -3.71. The number of fused-ring (bicyclic) bond motifs is 1. The lowest BCUT2D eigenvalue weighted by molar-refractivity contribution is 0.122. The highest BCUT2D eigenvalue weighted by atomic mass is 16.5. The first-order valence-corrected chi connectivity index (χ1v) is 10.4. The number of benzene rings is 2. The normalized spacial score (nSPS) is 13.9. The number of aromatic nitrogens is 3. The van der Waals surface area contributed by atoms with Crippen LogP contribution in [0.4, 0.5) is 28.6 Å². The van der Waals surface area contributed by atoms with Gasteiger partial charge < -0.3 is 20.3 Å². The van der Waals surface area contributed by atoms with Gasteiger partial charge >= 0.3 is 0 Å². The zero-order valence-corrected chi connectivity index (χ0v) is 17.4. The molecule has 1 aliphatic heterocycles. The fourth-order valence-corrected chi connectivity index (χ4v) is 3.78. The van der Waals surface area contributed by atoms with Gasteiger partial charge in [-0.2, -0.15) is 10.2 Å². The molecule has 2 N–H and O–H groups in total. The van der Waals surface area contributed by atoms with E-state index in [0.29, 0.717) is 0 Å². The van der Waals surface area contributed by atoms with Crippen LogP contribution in [-0.2, 0) is 4.74 Å². The molecule has 2 aromatic heterocycles. The lowest BCUT2D eigenvalue weighted by atomic mass is 10.1. The first-order valence-electron chi connectivity index (χ1n) is 10.4. The second-order valence-electron chi connectivity index (χ2n) is 7.56. The maximum Gasteiger partial charge on any atom is 0.132 e. The van der Waals surface area contributed by atoms with E-state index in [1.807, 2.05) is 31.2 Å². The maximum atomic E-state index is 5.43. The molecule has 0 atom stereocenters. The number of morpholine rings is 1. The van der Waals surface area contributed by atoms with Crippen molar-refractivity contribution in [3.8, 4) is 0 Å². The molecule has 156 valence electrons. The fourth-order valence-electron chi connectivity index (χ4n) is 3.78. The lowest BCUT2D eigenvalue weighted by Gasteiger charge is -2.28. The van der Waals surface area contributed by atoms with Crippen molar-refractivity contribution in [2.75, 3.05) is 41.8 Å². The number of ether oxygens (including phenoxy) is 1. The molecule has 0 unspecified atom stereocenters. The van der Waals surface area contributed by atoms with Gasteiger partial charge in [-0.05, 0) is 42.8 Å². The van der Waals surface area contributed by atoms with Gasteiger partial charge in [-0.3, -0.25) is 0 Å². The summed E-state index contributed by atoms with van der Waals surface area (Å²) < 4.78 is 5.43. The summed E-state index contributed by atoms with van der Waals surface area (Å²) in [7, 11) is 0. The molecular weight excluding hydrogens is 388 g/mol. The quantitative estimate of drug-likeness (QED) is 0.494. The summed E-state index contributed by atoms with van der Waals surface area (Å²) in [6, 6.07) is 18.5. The average molecular weight is 412 g/mol. The summed E-state index contributed by atoms with van der Waals surface area (Å²) in [5, 5.41) is 16.3. The molecule has 1 fully saturated rings. The van der Waals surface area contributed by atoms with Crippen molar-refractivity contribution < 1.29 is 4.74 Å². The van der Waals surface area contributed by atoms with Crippen molar-refractivity contribution in [3.05, 3.63) is 72.6 Å². The number of nitrogens with zero attached hydrogens (tertiary/aromatic N) is 4.